The molecular weight excluding hydrogens is 725 g/mol. The SMILES string of the molecule is COc1cc(-c2ccc3c(n2)CCC(=O)[C@H](Cc2c[nH]c4ccccc24)N(C)C(=O)[C@H](CCCCN)CC(=O)[C@H](CCCN)NCc2cccnc2S3)ccn1. The molecule has 5 heterocycles. The highest BCUT2D eigenvalue weighted by Gasteiger charge is 2.34. The van der Waals surface area contributed by atoms with Gasteiger partial charge in [0.05, 0.1) is 30.6 Å². The van der Waals surface area contributed by atoms with Crippen molar-refractivity contribution in [1.29, 1.82) is 0 Å². The fourth-order valence-electron chi connectivity index (χ4n) is 7.35. The van der Waals surface area contributed by atoms with Gasteiger partial charge in [0, 0.05) is 84.8 Å². The number of rotatable bonds is 11. The lowest BCUT2D eigenvalue weighted by molar-refractivity contribution is -0.143. The Kier molecular flexibility index (Phi) is 14.4. The van der Waals surface area contributed by atoms with Crippen LogP contribution in [0.25, 0.3) is 22.2 Å². The minimum atomic E-state index is -0.776. The zero-order valence-corrected chi connectivity index (χ0v) is 33.0. The molecule has 1 aromatic carbocycles. The molecule has 0 fully saturated rings. The Bertz CT molecular complexity index is 2120. The molecule has 0 saturated carbocycles. The van der Waals surface area contributed by atoms with E-state index in [1.165, 1.54) is 11.8 Å². The molecule has 0 bridgehead atoms. The molecule has 0 saturated heterocycles. The van der Waals surface area contributed by atoms with Crippen molar-refractivity contribution >= 4 is 40.1 Å². The summed E-state index contributed by atoms with van der Waals surface area (Å²) in [6.07, 6.45) is 9.30. The Morgan fingerprint density at radius 3 is 2.57 bits per heavy atom. The number of carbonyl (C=O) groups is 3. The molecule has 56 heavy (non-hydrogen) atoms. The summed E-state index contributed by atoms with van der Waals surface area (Å²) in [6, 6.07) is 18.2. The second kappa shape index (κ2) is 19.8. The summed E-state index contributed by atoms with van der Waals surface area (Å²) < 4.78 is 5.39. The molecule has 0 radical (unpaired) electrons. The topological polar surface area (TPSA) is 182 Å². The van der Waals surface area contributed by atoms with Gasteiger partial charge in [-0.2, -0.15) is 0 Å². The largest absolute Gasteiger partial charge is 0.481 e. The van der Waals surface area contributed by atoms with E-state index in [1.54, 1.807) is 31.5 Å². The van der Waals surface area contributed by atoms with Gasteiger partial charge in [0.25, 0.3) is 0 Å². The van der Waals surface area contributed by atoms with Crippen molar-refractivity contribution in [2.75, 3.05) is 27.2 Å². The Morgan fingerprint density at radius 2 is 1.75 bits per heavy atom. The number of hydrogen-bond donors (Lipinski definition) is 4. The second-order valence-corrected chi connectivity index (χ2v) is 15.3. The molecule has 294 valence electrons. The number of H-pyrrole nitrogens is 1. The maximum atomic E-state index is 14.6. The van der Waals surface area contributed by atoms with Gasteiger partial charge in [-0.05, 0) is 86.7 Å². The van der Waals surface area contributed by atoms with Gasteiger partial charge in [0.1, 0.15) is 5.03 Å². The first-order valence-corrected chi connectivity index (χ1v) is 20.2. The number of aromatic nitrogens is 4. The number of carbonyl (C=O) groups excluding carboxylic acids is 3. The smallest absolute Gasteiger partial charge is 0.226 e. The first-order valence-electron chi connectivity index (χ1n) is 19.4. The standard InChI is InChI=1S/C43H52N8O4S/c1-51-37(23-31-27-48-34-12-4-3-11-32(31)34)38(52)16-14-36-40(17-15-33(50-36)28-18-22-46-41(25-28)55-2)56-42-30(10-8-21-47-42)26-49-35(13-7-20-45)39(53)24-29(43(51)54)9-5-6-19-44/h3-4,8,10-12,15,17-18,21-22,25,27,29,35,37,48-49H,5-7,9,13-14,16,19-20,23-24,26,44-45H2,1-2H3/t29-,35+,37+/m1/s1. The van der Waals surface area contributed by atoms with Gasteiger partial charge >= 0.3 is 0 Å². The zero-order valence-electron chi connectivity index (χ0n) is 32.2. The number of Topliss-reactive ketones (excluding diaryl/α,β-unsaturated/α-hetero) is 2. The van der Waals surface area contributed by atoms with Gasteiger partial charge in [-0.25, -0.2) is 9.97 Å². The van der Waals surface area contributed by atoms with E-state index >= 15 is 0 Å². The van der Waals surface area contributed by atoms with Crippen LogP contribution in [0.3, 0.4) is 0 Å². The summed E-state index contributed by atoms with van der Waals surface area (Å²) in [4.78, 5) is 63.3. The van der Waals surface area contributed by atoms with E-state index in [0.29, 0.717) is 64.0 Å². The van der Waals surface area contributed by atoms with E-state index in [1.807, 2.05) is 66.9 Å². The first kappa shape index (κ1) is 40.7. The number of nitrogens with two attached hydrogens (primary N) is 2. The summed E-state index contributed by atoms with van der Waals surface area (Å²) in [5.74, 6) is -0.484. The average molecular weight is 777 g/mol. The van der Waals surface area contributed by atoms with E-state index in [2.05, 4.69) is 15.3 Å². The quantitative estimate of drug-likeness (QED) is 0.121. The number of hydrogen-bond acceptors (Lipinski definition) is 11. The Morgan fingerprint density at radius 1 is 0.911 bits per heavy atom. The van der Waals surface area contributed by atoms with Gasteiger partial charge < -0.3 is 31.4 Å². The van der Waals surface area contributed by atoms with Crippen LogP contribution in [0.1, 0.15) is 61.8 Å². The maximum absolute atomic E-state index is 14.6. The minimum Gasteiger partial charge on any atom is -0.481 e. The third-order valence-corrected chi connectivity index (χ3v) is 11.7. The molecule has 6 rings (SSSR count). The Labute approximate surface area is 332 Å². The van der Waals surface area contributed by atoms with E-state index in [-0.39, 0.29) is 30.3 Å². The molecule has 1 aliphatic rings. The van der Waals surface area contributed by atoms with Crippen LogP contribution in [0.15, 0.2) is 89.2 Å². The highest BCUT2D eigenvalue weighted by molar-refractivity contribution is 7.99. The normalized spacial score (nSPS) is 18.8. The number of nitrogens with one attached hydrogen (secondary N) is 2. The number of amides is 1. The molecule has 0 aliphatic carbocycles. The van der Waals surface area contributed by atoms with E-state index in [4.69, 9.17) is 26.2 Å². The fourth-order valence-corrected chi connectivity index (χ4v) is 8.34. The molecule has 5 aromatic rings. The second-order valence-electron chi connectivity index (χ2n) is 14.3. The van der Waals surface area contributed by atoms with Crippen LogP contribution in [-0.4, -0.2) is 81.6 Å². The third kappa shape index (κ3) is 10.1. The summed E-state index contributed by atoms with van der Waals surface area (Å²) in [5.41, 5.74) is 16.9. The first-order chi connectivity index (χ1) is 27.3. The van der Waals surface area contributed by atoms with Crippen LogP contribution in [-0.2, 0) is 33.8 Å². The lowest BCUT2D eigenvalue weighted by Gasteiger charge is -2.31. The summed E-state index contributed by atoms with van der Waals surface area (Å²) in [6.45, 7) is 1.33. The lowest BCUT2D eigenvalue weighted by Crippen LogP contribution is -2.47. The summed E-state index contributed by atoms with van der Waals surface area (Å²) >= 11 is 1.49. The van der Waals surface area contributed by atoms with Crippen molar-refractivity contribution in [2.45, 2.75) is 86.3 Å². The molecular formula is C43H52N8O4S. The van der Waals surface area contributed by atoms with Gasteiger partial charge in [0.2, 0.25) is 11.8 Å². The van der Waals surface area contributed by atoms with E-state index < -0.39 is 18.0 Å². The number of methoxy groups -OCH3 is 1. The van der Waals surface area contributed by atoms with Crippen LogP contribution in [0.2, 0.25) is 0 Å². The molecule has 6 N–H and O–H groups in total. The Hall–Kier alpha value is -4.95. The number of para-hydroxylation sites is 1. The molecule has 3 atom stereocenters. The number of likely N-dealkylation sites (N-methyl/N-ethyl adjacent to an activating group) is 1. The number of nitrogens with zero attached hydrogens (tertiary/aromatic N) is 4. The number of ketones is 2. The third-order valence-electron chi connectivity index (χ3n) is 10.5. The molecule has 0 spiro atoms. The molecule has 12 nitrogen and oxygen atoms in total. The highest BCUT2D eigenvalue weighted by Crippen LogP contribution is 2.34. The average Bonchev–Trinajstić information content (AvgIpc) is 3.64. The molecule has 1 amide bonds. The van der Waals surface area contributed by atoms with Gasteiger partial charge in [-0.3, -0.25) is 19.4 Å². The number of fused-ring (bicyclic) bond motifs is 3. The fraction of sp³-hybridized carbons (Fsp3) is 0.395. The number of unbranched alkanes of at least 4 members (excludes halogenated alkanes) is 1. The van der Waals surface area contributed by atoms with E-state index in [0.717, 1.165) is 55.3 Å². The van der Waals surface area contributed by atoms with E-state index in [9.17, 15) is 14.4 Å². The predicted molar refractivity (Wildman–Crippen MR) is 219 cm³/mol. The minimum absolute atomic E-state index is 0.0466. The maximum Gasteiger partial charge on any atom is 0.226 e. The monoisotopic (exact) mass is 776 g/mol. The summed E-state index contributed by atoms with van der Waals surface area (Å²) in [5, 5.41) is 5.27. The van der Waals surface area contributed by atoms with Crippen molar-refractivity contribution in [3.05, 3.63) is 96.1 Å². The number of aromatic amines is 1. The van der Waals surface area contributed by atoms with Crippen molar-refractivity contribution in [2.24, 2.45) is 17.4 Å². The predicted octanol–water partition coefficient (Wildman–Crippen LogP) is 5.67. The van der Waals surface area contributed by atoms with Crippen LogP contribution in [0, 0.1) is 5.92 Å². The number of benzene rings is 1. The number of pyridine rings is 3. The van der Waals surface area contributed by atoms with Crippen molar-refractivity contribution < 1.29 is 19.1 Å². The lowest BCUT2D eigenvalue weighted by atomic mass is 9.89. The molecule has 4 aromatic heterocycles. The van der Waals surface area contributed by atoms with Crippen LogP contribution < -0.4 is 21.5 Å². The van der Waals surface area contributed by atoms with Crippen molar-refractivity contribution in [1.82, 2.24) is 30.2 Å². The Balaban J connectivity index is 1.43. The molecule has 0 unspecified atom stereocenters. The summed E-state index contributed by atoms with van der Waals surface area (Å²) in [7, 11) is 3.28. The van der Waals surface area contributed by atoms with Crippen molar-refractivity contribution in [3.63, 3.8) is 0 Å². The highest BCUT2D eigenvalue weighted by atomic mass is 32.2. The molecule has 1 aliphatic heterocycles. The van der Waals surface area contributed by atoms with Crippen LogP contribution >= 0.6 is 11.8 Å². The number of ether oxygens (including phenoxy) is 1. The van der Waals surface area contributed by atoms with Crippen LogP contribution in [0.4, 0.5) is 0 Å². The van der Waals surface area contributed by atoms with Gasteiger partial charge in [-0.15, -0.1) is 0 Å². The zero-order chi connectivity index (χ0) is 39.4. The number of aryl methyl sites for hydroxylation is 1. The van der Waals surface area contributed by atoms with Gasteiger partial charge in [-0.1, -0.05) is 42.4 Å². The van der Waals surface area contributed by atoms with Crippen LogP contribution in [0.5, 0.6) is 5.88 Å². The van der Waals surface area contributed by atoms with Crippen molar-refractivity contribution in [3.8, 4) is 17.1 Å². The molecule has 13 heteroatoms. The van der Waals surface area contributed by atoms with Gasteiger partial charge in [0.15, 0.2) is 11.6 Å².